The lowest BCUT2D eigenvalue weighted by Gasteiger charge is -2.11. The molecule has 1 aliphatic rings. The molecule has 0 amide bonds. The average Bonchev–Trinajstić information content (AvgIpc) is 2.39. The molecule has 0 aliphatic heterocycles. The maximum absolute atomic E-state index is 11.6. The van der Waals surface area contributed by atoms with Crippen molar-refractivity contribution in [2.75, 3.05) is 5.73 Å². The normalized spacial score (nSPS) is 16.1. The highest BCUT2D eigenvalue weighted by atomic mass is 16.1. The maximum Gasteiger partial charge on any atom is 0.273 e. The summed E-state index contributed by atoms with van der Waals surface area (Å²) in [6.07, 6.45) is 5.73. The lowest BCUT2D eigenvalue weighted by Crippen LogP contribution is -2.24. The lowest BCUT2D eigenvalue weighted by atomic mass is 10.1. The van der Waals surface area contributed by atoms with E-state index < -0.39 is 0 Å². The fourth-order valence-electron chi connectivity index (χ4n) is 2.19. The number of aromatic nitrogens is 1. The van der Waals surface area contributed by atoms with E-state index in [4.69, 9.17) is 5.73 Å². The zero-order valence-corrected chi connectivity index (χ0v) is 8.55. The third-order valence-electron chi connectivity index (χ3n) is 3.02. The quantitative estimate of drug-likeness (QED) is 0.629. The van der Waals surface area contributed by atoms with Gasteiger partial charge in [0, 0.05) is 12.7 Å². The van der Waals surface area contributed by atoms with Crippen LogP contribution in [0.5, 0.6) is 0 Å². The fourth-order valence-corrected chi connectivity index (χ4v) is 2.19. The van der Waals surface area contributed by atoms with Gasteiger partial charge in [0.15, 0.2) is 0 Å². The minimum absolute atomic E-state index is 0.0503. The molecule has 1 aromatic heterocycles. The van der Waals surface area contributed by atoms with E-state index in [1.54, 1.807) is 4.57 Å². The Balaban J connectivity index is 2.61. The number of hydrogen-bond donors (Lipinski definition) is 1. The molecule has 0 saturated heterocycles. The Kier molecular flexibility index (Phi) is 2.32. The van der Waals surface area contributed by atoms with Crippen molar-refractivity contribution < 1.29 is 0 Å². The third-order valence-corrected chi connectivity index (χ3v) is 3.02. The summed E-state index contributed by atoms with van der Waals surface area (Å²) in [7, 11) is 1.82. The first-order valence-corrected chi connectivity index (χ1v) is 5.17. The SMILES string of the molecule is Cn1c2c(cc(N)c1=O)CCCCC2. The molecule has 14 heavy (non-hydrogen) atoms. The van der Waals surface area contributed by atoms with E-state index in [0.717, 1.165) is 12.8 Å². The molecular weight excluding hydrogens is 176 g/mol. The molecule has 2 N–H and O–H groups in total. The van der Waals surface area contributed by atoms with Crippen molar-refractivity contribution in [2.45, 2.75) is 32.1 Å². The minimum Gasteiger partial charge on any atom is -0.394 e. The molecule has 0 radical (unpaired) electrons. The van der Waals surface area contributed by atoms with Crippen molar-refractivity contribution >= 4 is 5.69 Å². The Morgan fingerprint density at radius 2 is 2.00 bits per heavy atom. The van der Waals surface area contributed by atoms with Gasteiger partial charge in [-0.3, -0.25) is 4.79 Å². The maximum atomic E-state index is 11.6. The van der Waals surface area contributed by atoms with Crippen molar-refractivity contribution in [3.05, 3.63) is 27.7 Å². The van der Waals surface area contributed by atoms with E-state index in [2.05, 4.69) is 0 Å². The smallest absolute Gasteiger partial charge is 0.273 e. The number of pyridine rings is 1. The summed E-state index contributed by atoms with van der Waals surface area (Å²) in [6.45, 7) is 0. The Morgan fingerprint density at radius 1 is 1.29 bits per heavy atom. The highest BCUT2D eigenvalue weighted by molar-refractivity contribution is 5.41. The molecule has 76 valence electrons. The van der Waals surface area contributed by atoms with E-state index in [1.165, 1.54) is 30.5 Å². The summed E-state index contributed by atoms with van der Waals surface area (Å²) in [5.41, 5.74) is 8.44. The predicted octanol–water partition coefficient (Wildman–Crippen LogP) is 1.24. The summed E-state index contributed by atoms with van der Waals surface area (Å²) in [5, 5.41) is 0. The fraction of sp³-hybridized carbons (Fsp3) is 0.545. The van der Waals surface area contributed by atoms with Crippen LogP contribution in [0.25, 0.3) is 0 Å². The van der Waals surface area contributed by atoms with Gasteiger partial charge in [-0.15, -0.1) is 0 Å². The number of hydrogen-bond acceptors (Lipinski definition) is 2. The molecule has 0 atom stereocenters. The third kappa shape index (κ3) is 1.43. The van der Waals surface area contributed by atoms with Crippen LogP contribution in [0.3, 0.4) is 0 Å². The minimum atomic E-state index is -0.0503. The summed E-state index contributed by atoms with van der Waals surface area (Å²) >= 11 is 0. The second-order valence-electron chi connectivity index (χ2n) is 4.00. The lowest BCUT2D eigenvalue weighted by molar-refractivity contribution is 0.692. The molecule has 3 heteroatoms. The average molecular weight is 192 g/mol. The van der Waals surface area contributed by atoms with Crippen molar-refractivity contribution in [2.24, 2.45) is 7.05 Å². The number of anilines is 1. The number of nitrogens with two attached hydrogens (primary N) is 1. The monoisotopic (exact) mass is 192 g/mol. The van der Waals surface area contributed by atoms with Crippen LogP contribution in [0.1, 0.15) is 30.5 Å². The van der Waals surface area contributed by atoms with Gasteiger partial charge in [-0.05, 0) is 37.3 Å². The standard InChI is InChI=1S/C11H16N2O/c1-13-10-6-4-2-3-5-8(10)7-9(12)11(13)14/h7H,2-6,12H2,1H3. The van der Waals surface area contributed by atoms with Gasteiger partial charge < -0.3 is 10.3 Å². The molecule has 0 saturated carbocycles. The van der Waals surface area contributed by atoms with E-state index in [9.17, 15) is 4.79 Å². The van der Waals surface area contributed by atoms with E-state index in [1.807, 2.05) is 13.1 Å². The molecule has 1 aliphatic carbocycles. The van der Waals surface area contributed by atoms with Gasteiger partial charge in [0.05, 0.1) is 5.69 Å². The summed E-state index contributed by atoms with van der Waals surface area (Å²) in [6, 6.07) is 1.86. The Bertz CT molecular complexity index is 406. The van der Waals surface area contributed by atoms with Gasteiger partial charge in [-0.25, -0.2) is 0 Å². The summed E-state index contributed by atoms with van der Waals surface area (Å²) in [5.74, 6) is 0. The first-order chi connectivity index (χ1) is 6.70. The second kappa shape index (κ2) is 3.48. The molecule has 3 nitrogen and oxygen atoms in total. The van der Waals surface area contributed by atoms with Crippen LogP contribution in [-0.4, -0.2) is 4.57 Å². The van der Waals surface area contributed by atoms with Gasteiger partial charge in [0.2, 0.25) is 0 Å². The Morgan fingerprint density at radius 3 is 2.79 bits per heavy atom. The molecule has 0 unspecified atom stereocenters. The molecular formula is C11H16N2O. The van der Waals surface area contributed by atoms with E-state index >= 15 is 0 Å². The van der Waals surface area contributed by atoms with Crippen LogP contribution in [-0.2, 0) is 19.9 Å². The topological polar surface area (TPSA) is 48.0 Å². The van der Waals surface area contributed by atoms with Gasteiger partial charge in [-0.2, -0.15) is 0 Å². The first kappa shape index (κ1) is 9.31. The van der Waals surface area contributed by atoms with E-state index in [-0.39, 0.29) is 5.56 Å². The Labute approximate surface area is 83.5 Å². The second-order valence-corrected chi connectivity index (χ2v) is 4.00. The molecule has 1 heterocycles. The van der Waals surface area contributed by atoms with Crippen LogP contribution in [0.15, 0.2) is 10.9 Å². The van der Waals surface area contributed by atoms with Crippen molar-refractivity contribution in [3.63, 3.8) is 0 Å². The summed E-state index contributed by atoms with van der Waals surface area (Å²) in [4.78, 5) is 11.6. The highest BCUT2D eigenvalue weighted by Gasteiger charge is 2.12. The predicted molar refractivity (Wildman–Crippen MR) is 57.4 cm³/mol. The van der Waals surface area contributed by atoms with Crippen LogP contribution in [0.4, 0.5) is 5.69 Å². The number of aryl methyl sites for hydroxylation is 1. The van der Waals surface area contributed by atoms with Gasteiger partial charge in [0.1, 0.15) is 0 Å². The van der Waals surface area contributed by atoms with Gasteiger partial charge in [-0.1, -0.05) is 6.42 Å². The van der Waals surface area contributed by atoms with Crippen LogP contribution >= 0.6 is 0 Å². The molecule has 0 spiro atoms. The van der Waals surface area contributed by atoms with E-state index in [0.29, 0.717) is 5.69 Å². The van der Waals surface area contributed by atoms with Crippen LogP contribution < -0.4 is 11.3 Å². The summed E-state index contributed by atoms with van der Waals surface area (Å²) < 4.78 is 1.72. The van der Waals surface area contributed by atoms with Crippen molar-refractivity contribution in [3.8, 4) is 0 Å². The first-order valence-electron chi connectivity index (χ1n) is 5.17. The molecule has 0 aromatic carbocycles. The highest BCUT2D eigenvalue weighted by Crippen LogP contribution is 2.19. The van der Waals surface area contributed by atoms with Crippen LogP contribution in [0, 0.1) is 0 Å². The van der Waals surface area contributed by atoms with Crippen molar-refractivity contribution in [1.82, 2.24) is 4.57 Å². The molecule has 2 rings (SSSR count). The van der Waals surface area contributed by atoms with Gasteiger partial charge >= 0.3 is 0 Å². The zero-order valence-electron chi connectivity index (χ0n) is 8.55. The van der Waals surface area contributed by atoms with Crippen LogP contribution in [0.2, 0.25) is 0 Å². The number of fused-ring (bicyclic) bond motifs is 1. The number of rotatable bonds is 0. The molecule has 1 aromatic rings. The molecule has 0 fully saturated rings. The Hall–Kier alpha value is -1.25. The number of nitrogen functional groups attached to an aromatic ring is 1. The number of nitrogens with zero attached hydrogens (tertiary/aromatic N) is 1. The van der Waals surface area contributed by atoms with Gasteiger partial charge in [0.25, 0.3) is 5.56 Å². The largest absolute Gasteiger partial charge is 0.394 e. The zero-order chi connectivity index (χ0) is 10.1. The van der Waals surface area contributed by atoms with Crippen molar-refractivity contribution in [1.29, 1.82) is 0 Å². The molecule has 0 bridgehead atoms.